The lowest BCUT2D eigenvalue weighted by atomic mass is 10.0. The van der Waals surface area contributed by atoms with Crippen LogP contribution in [-0.4, -0.2) is 30.9 Å². The molecule has 0 saturated carbocycles. The molecule has 0 aromatic heterocycles. The molecule has 1 atom stereocenters. The van der Waals surface area contributed by atoms with E-state index in [1.807, 2.05) is 5.32 Å². The number of hydrogen-bond acceptors (Lipinski definition) is 4. The van der Waals surface area contributed by atoms with E-state index in [1.54, 1.807) is 24.3 Å². The lowest BCUT2D eigenvalue weighted by Crippen LogP contribution is -2.30. The molecule has 2 rings (SSSR count). The standard InChI is InChI=1S/C19H16Cl2F3NO3S/c1-28-16(26)8-9-29-17(12-4-2-3-5-14(12)21)13-10-11(20)6-7-15(13)25-18(27)19(22,23)24/h2-7,10,17H,8-9H2,1H3,(H,25,27). The number of amides is 1. The van der Waals surface area contributed by atoms with E-state index in [4.69, 9.17) is 23.2 Å². The zero-order chi connectivity index (χ0) is 21.6. The average Bonchev–Trinajstić information content (AvgIpc) is 2.66. The van der Waals surface area contributed by atoms with Gasteiger partial charge in [0.25, 0.3) is 0 Å². The molecular formula is C19H16Cl2F3NO3S. The summed E-state index contributed by atoms with van der Waals surface area (Å²) in [6.45, 7) is 0. The number of alkyl halides is 3. The molecule has 0 heterocycles. The van der Waals surface area contributed by atoms with Gasteiger partial charge in [-0.3, -0.25) is 9.59 Å². The van der Waals surface area contributed by atoms with Crippen molar-refractivity contribution in [2.24, 2.45) is 0 Å². The number of halogens is 5. The minimum Gasteiger partial charge on any atom is -0.469 e. The van der Waals surface area contributed by atoms with Crippen LogP contribution in [0.5, 0.6) is 0 Å². The van der Waals surface area contributed by atoms with Gasteiger partial charge in [-0.1, -0.05) is 41.4 Å². The molecule has 10 heteroatoms. The quantitative estimate of drug-likeness (QED) is 0.518. The van der Waals surface area contributed by atoms with Crippen LogP contribution in [0, 0.1) is 0 Å². The van der Waals surface area contributed by atoms with E-state index in [0.29, 0.717) is 21.9 Å². The second-order valence-electron chi connectivity index (χ2n) is 5.78. The highest BCUT2D eigenvalue weighted by molar-refractivity contribution is 7.99. The number of hydrogen-bond donors (Lipinski definition) is 1. The van der Waals surface area contributed by atoms with E-state index in [0.717, 1.165) is 0 Å². The zero-order valence-electron chi connectivity index (χ0n) is 15.1. The molecule has 1 unspecified atom stereocenters. The van der Waals surface area contributed by atoms with Crippen molar-refractivity contribution in [3.63, 3.8) is 0 Å². The van der Waals surface area contributed by atoms with Crippen LogP contribution in [0.3, 0.4) is 0 Å². The Labute approximate surface area is 179 Å². The number of methoxy groups -OCH3 is 1. The topological polar surface area (TPSA) is 55.4 Å². The first kappa shape index (κ1) is 23.4. The first-order valence-corrected chi connectivity index (χ1v) is 10.0. The summed E-state index contributed by atoms with van der Waals surface area (Å²) in [7, 11) is 1.26. The van der Waals surface area contributed by atoms with Crippen LogP contribution in [0.25, 0.3) is 0 Å². The minimum absolute atomic E-state index is 0.0489. The van der Waals surface area contributed by atoms with Gasteiger partial charge in [0.2, 0.25) is 0 Å². The maximum Gasteiger partial charge on any atom is 0.471 e. The zero-order valence-corrected chi connectivity index (χ0v) is 17.4. The third-order valence-corrected chi connectivity index (χ3v) is 5.67. The van der Waals surface area contributed by atoms with Gasteiger partial charge in [0.15, 0.2) is 0 Å². The van der Waals surface area contributed by atoms with Crippen molar-refractivity contribution in [1.29, 1.82) is 0 Å². The number of rotatable bonds is 7. The summed E-state index contributed by atoms with van der Waals surface area (Å²) in [6, 6.07) is 10.9. The molecule has 0 radical (unpaired) electrons. The lowest BCUT2D eigenvalue weighted by Gasteiger charge is -2.22. The average molecular weight is 466 g/mol. The largest absolute Gasteiger partial charge is 0.471 e. The van der Waals surface area contributed by atoms with Crippen LogP contribution >= 0.6 is 35.0 Å². The van der Waals surface area contributed by atoms with E-state index in [9.17, 15) is 22.8 Å². The van der Waals surface area contributed by atoms with Gasteiger partial charge < -0.3 is 10.1 Å². The number of thioether (sulfide) groups is 1. The molecule has 156 valence electrons. The smallest absolute Gasteiger partial charge is 0.469 e. The number of carbonyl (C=O) groups is 2. The molecule has 4 nitrogen and oxygen atoms in total. The second-order valence-corrected chi connectivity index (χ2v) is 7.84. The third kappa shape index (κ3) is 6.55. The molecule has 29 heavy (non-hydrogen) atoms. The van der Waals surface area contributed by atoms with Crippen LogP contribution in [0.4, 0.5) is 18.9 Å². The molecule has 2 aromatic rings. The van der Waals surface area contributed by atoms with Gasteiger partial charge in [-0.2, -0.15) is 13.2 Å². The minimum atomic E-state index is -5.05. The SMILES string of the molecule is COC(=O)CCSC(c1ccccc1Cl)c1cc(Cl)ccc1NC(=O)C(F)(F)F. The summed E-state index contributed by atoms with van der Waals surface area (Å²) in [6.07, 6.45) is -4.96. The highest BCUT2D eigenvalue weighted by Gasteiger charge is 2.39. The Morgan fingerprint density at radius 2 is 1.83 bits per heavy atom. The highest BCUT2D eigenvalue weighted by Crippen LogP contribution is 2.43. The molecule has 0 aliphatic carbocycles. The Morgan fingerprint density at radius 1 is 1.14 bits per heavy atom. The fraction of sp³-hybridized carbons (Fsp3) is 0.263. The van der Waals surface area contributed by atoms with Crippen LogP contribution < -0.4 is 5.32 Å². The molecule has 0 aliphatic heterocycles. The van der Waals surface area contributed by atoms with E-state index in [1.165, 1.54) is 37.1 Å². The molecule has 2 aromatic carbocycles. The highest BCUT2D eigenvalue weighted by atomic mass is 35.5. The monoisotopic (exact) mass is 465 g/mol. The van der Waals surface area contributed by atoms with Gasteiger partial charge >= 0.3 is 18.1 Å². The summed E-state index contributed by atoms with van der Waals surface area (Å²) >= 11 is 13.6. The summed E-state index contributed by atoms with van der Waals surface area (Å²) < 4.78 is 42.9. The summed E-state index contributed by atoms with van der Waals surface area (Å²) in [4.78, 5) is 22.9. The fourth-order valence-corrected chi connectivity index (χ4v) is 4.22. The van der Waals surface area contributed by atoms with E-state index >= 15 is 0 Å². The number of ether oxygens (including phenoxy) is 1. The maximum absolute atomic E-state index is 12.7. The predicted octanol–water partition coefficient (Wildman–Crippen LogP) is 5.88. The molecule has 1 amide bonds. The number of carbonyl (C=O) groups excluding carboxylic acids is 2. The Balaban J connectivity index is 2.46. The first-order chi connectivity index (χ1) is 13.6. The van der Waals surface area contributed by atoms with Gasteiger partial charge in [-0.25, -0.2) is 0 Å². The van der Waals surface area contributed by atoms with Crippen molar-refractivity contribution in [3.05, 3.63) is 63.6 Å². The van der Waals surface area contributed by atoms with Crippen molar-refractivity contribution in [3.8, 4) is 0 Å². The summed E-state index contributed by atoms with van der Waals surface area (Å²) in [5, 5.41) is 1.96. The van der Waals surface area contributed by atoms with Crippen molar-refractivity contribution in [2.45, 2.75) is 17.8 Å². The number of benzene rings is 2. The Hall–Kier alpha value is -1.90. The molecule has 0 fully saturated rings. The van der Waals surface area contributed by atoms with Gasteiger partial charge in [0.1, 0.15) is 0 Å². The van der Waals surface area contributed by atoms with Crippen LogP contribution in [-0.2, 0) is 14.3 Å². The van der Waals surface area contributed by atoms with Gasteiger partial charge in [0.05, 0.1) is 18.8 Å². The third-order valence-electron chi connectivity index (χ3n) is 3.81. The normalized spacial score (nSPS) is 12.3. The van der Waals surface area contributed by atoms with Gasteiger partial charge in [-0.05, 0) is 35.4 Å². The van der Waals surface area contributed by atoms with Gasteiger partial charge in [0, 0.05) is 21.5 Å². The fourth-order valence-electron chi connectivity index (χ4n) is 2.45. The summed E-state index contributed by atoms with van der Waals surface area (Å²) in [5.74, 6) is -2.22. The van der Waals surface area contributed by atoms with Crippen molar-refractivity contribution >= 4 is 52.5 Å². The van der Waals surface area contributed by atoms with Gasteiger partial charge in [-0.15, -0.1) is 11.8 Å². The Bertz CT molecular complexity index is 893. The summed E-state index contributed by atoms with van der Waals surface area (Å²) in [5.41, 5.74) is 0.888. The maximum atomic E-state index is 12.7. The van der Waals surface area contributed by atoms with E-state index in [2.05, 4.69) is 4.74 Å². The second kappa shape index (κ2) is 10.2. The van der Waals surface area contributed by atoms with Crippen LogP contribution in [0.1, 0.15) is 22.8 Å². The van der Waals surface area contributed by atoms with Crippen LogP contribution in [0.15, 0.2) is 42.5 Å². The predicted molar refractivity (Wildman–Crippen MR) is 109 cm³/mol. The molecule has 0 saturated heterocycles. The number of nitrogens with one attached hydrogen (secondary N) is 1. The number of esters is 1. The van der Waals surface area contributed by atoms with E-state index in [-0.39, 0.29) is 17.1 Å². The lowest BCUT2D eigenvalue weighted by molar-refractivity contribution is -0.167. The molecule has 0 aliphatic rings. The first-order valence-electron chi connectivity index (χ1n) is 8.24. The molecule has 0 spiro atoms. The Kier molecular flexibility index (Phi) is 8.24. The molecule has 0 bridgehead atoms. The van der Waals surface area contributed by atoms with Crippen molar-refractivity contribution in [2.75, 3.05) is 18.2 Å². The van der Waals surface area contributed by atoms with Crippen molar-refractivity contribution < 1.29 is 27.5 Å². The number of anilines is 1. The molecular weight excluding hydrogens is 450 g/mol. The van der Waals surface area contributed by atoms with E-state index < -0.39 is 23.3 Å². The van der Waals surface area contributed by atoms with Crippen molar-refractivity contribution in [1.82, 2.24) is 0 Å². The Morgan fingerprint density at radius 3 is 2.45 bits per heavy atom. The van der Waals surface area contributed by atoms with Crippen LogP contribution in [0.2, 0.25) is 10.0 Å². The molecule has 1 N–H and O–H groups in total.